The van der Waals surface area contributed by atoms with Crippen LogP contribution in [-0.2, 0) is 22.2 Å². The molecule has 0 saturated heterocycles. The van der Waals surface area contributed by atoms with Gasteiger partial charge in [-0.3, -0.25) is 9.52 Å². The quantitative estimate of drug-likeness (QED) is 0.530. The third-order valence-corrected chi connectivity index (χ3v) is 5.46. The second-order valence-corrected chi connectivity index (χ2v) is 8.45. The van der Waals surface area contributed by atoms with Gasteiger partial charge in [0.1, 0.15) is 22.5 Å². The molecule has 0 aliphatic carbocycles. The number of hydrogen-bond acceptors (Lipinski definition) is 4. The van der Waals surface area contributed by atoms with E-state index in [0.29, 0.717) is 27.8 Å². The fraction of sp³-hybridized carbons (Fsp3) is 0.136. The van der Waals surface area contributed by atoms with E-state index in [1.54, 1.807) is 18.2 Å². The molecule has 3 aromatic rings. The third-order valence-electron chi connectivity index (χ3n) is 4.27. The first-order valence-electron chi connectivity index (χ1n) is 8.94. The zero-order chi connectivity index (χ0) is 21.7. The van der Waals surface area contributed by atoms with Crippen molar-refractivity contribution in [1.29, 1.82) is 0 Å². The van der Waals surface area contributed by atoms with Crippen molar-refractivity contribution in [2.24, 2.45) is 0 Å². The number of phenolic OH excluding ortho intramolecular Hbond substituents is 1. The number of aromatic hydroxyl groups is 1. The summed E-state index contributed by atoms with van der Waals surface area (Å²) < 4.78 is 18.6. The number of carbonyl (C=O) groups excluding carboxylic acids is 1. The summed E-state index contributed by atoms with van der Waals surface area (Å²) in [5, 5.41) is 11.0. The Morgan fingerprint density at radius 2 is 1.73 bits per heavy atom. The zero-order valence-electron chi connectivity index (χ0n) is 16.0. The van der Waals surface area contributed by atoms with Crippen molar-refractivity contribution in [3.8, 4) is 22.6 Å². The monoisotopic (exact) mass is 463 g/mol. The Kier molecular flexibility index (Phi) is 7.37. The van der Waals surface area contributed by atoms with Crippen LogP contribution in [0.3, 0.4) is 0 Å². The molecular formula is C22H19Cl2NO4S. The zero-order valence-corrected chi connectivity index (χ0v) is 18.4. The predicted octanol–water partition coefficient (Wildman–Crippen LogP) is 4.75. The Morgan fingerprint density at radius 1 is 1.07 bits per heavy atom. The molecule has 5 nitrogen and oxygen atoms in total. The highest BCUT2D eigenvalue weighted by Crippen LogP contribution is 2.35. The number of ether oxygens (including phenoxy) is 1. The molecular weight excluding hydrogens is 445 g/mol. The van der Waals surface area contributed by atoms with Gasteiger partial charge in [-0.15, -0.1) is 0 Å². The van der Waals surface area contributed by atoms with Gasteiger partial charge in [0, 0.05) is 28.3 Å². The van der Waals surface area contributed by atoms with Crippen molar-refractivity contribution < 1.29 is 18.8 Å². The van der Waals surface area contributed by atoms with Gasteiger partial charge in [0.05, 0.1) is 0 Å². The summed E-state index contributed by atoms with van der Waals surface area (Å²) in [4.78, 5) is 11.6. The summed E-state index contributed by atoms with van der Waals surface area (Å²) in [7, 11) is -1.46. The maximum Gasteiger partial charge on any atom is 0.269 e. The summed E-state index contributed by atoms with van der Waals surface area (Å²) in [6, 6.07) is 18.1. The minimum Gasteiger partial charge on any atom is -0.507 e. The van der Waals surface area contributed by atoms with E-state index in [9.17, 15) is 14.1 Å². The number of halogens is 2. The molecule has 0 aliphatic rings. The molecule has 0 fully saturated rings. The van der Waals surface area contributed by atoms with E-state index >= 15 is 0 Å². The highest BCUT2D eigenvalue weighted by atomic mass is 35.5. The topological polar surface area (TPSA) is 75.6 Å². The van der Waals surface area contributed by atoms with Gasteiger partial charge in [0.15, 0.2) is 6.61 Å². The summed E-state index contributed by atoms with van der Waals surface area (Å²) in [5.74, 6) is 0.0170. The first-order valence-corrected chi connectivity index (χ1v) is 11.3. The fourth-order valence-corrected chi connectivity index (χ4v) is 3.90. The van der Waals surface area contributed by atoms with Crippen molar-refractivity contribution >= 4 is 40.1 Å². The molecule has 0 bridgehead atoms. The average molecular weight is 464 g/mol. The van der Waals surface area contributed by atoms with Gasteiger partial charge < -0.3 is 9.84 Å². The van der Waals surface area contributed by atoms with E-state index in [4.69, 9.17) is 27.9 Å². The fourth-order valence-electron chi connectivity index (χ4n) is 2.92. The smallest absolute Gasteiger partial charge is 0.269 e. The molecule has 30 heavy (non-hydrogen) atoms. The number of hydrogen-bond donors (Lipinski definition) is 2. The van der Waals surface area contributed by atoms with Crippen LogP contribution in [0.15, 0.2) is 60.7 Å². The lowest BCUT2D eigenvalue weighted by atomic mass is 9.98. The standard InChI is InChI=1S/C22H19Cl2NO4S/c1-30(28)25-22(27)13-29-16-11-19(23)18(20(24)12-16)10-14-7-8-21(26)17(9-14)15-5-3-2-4-6-15/h2-9,11-12,26H,10,13H2,1H3,(H,25,27). The van der Waals surface area contributed by atoms with Crippen molar-refractivity contribution in [1.82, 2.24) is 4.72 Å². The minimum atomic E-state index is -1.46. The van der Waals surface area contributed by atoms with E-state index < -0.39 is 16.9 Å². The average Bonchev–Trinajstić information content (AvgIpc) is 2.70. The van der Waals surface area contributed by atoms with Gasteiger partial charge in [-0.1, -0.05) is 59.6 Å². The van der Waals surface area contributed by atoms with Gasteiger partial charge in [-0.05, 0) is 41.0 Å². The normalized spacial score (nSPS) is 11.7. The van der Waals surface area contributed by atoms with Gasteiger partial charge in [-0.2, -0.15) is 0 Å². The molecule has 3 rings (SSSR count). The van der Waals surface area contributed by atoms with Gasteiger partial charge in [0.25, 0.3) is 5.91 Å². The van der Waals surface area contributed by atoms with E-state index in [0.717, 1.165) is 16.7 Å². The van der Waals surface area contributed by atoms with Crippen LogP contribution in [0.2, 0.25) is 10.0 Å². The van der Waals surface area contributed by atoms with Crippen molar-refractivity contribution in [3.63, 3.8) is 0 Å². The maximum absolute atomic E-state index is 11.6. The second kappa shape index (κ2) is 9.98. The van der Waals surface area contributed by atoms with Crippen LogP contribution in [0, 0.1) is 0 Å². The summed E-state index contributed by atoms with van der Waals surface area (Å²) >= 11 is 12.8. The summed E-state index contributed by atoms with van der Waals surface area (Å²) in [6.07, 6.45) is 1.81. The van der Waals surface area contributed by atoms with Crippen molar-refractivity contribution in [2.45, 2.75) is 6.42 Å². The molecule has 0 spiro atoms. The molecule has 1 unspecified atom stereocenters. The largest absolute Gasteiger partial charge is 0.507 e. The number of phenols is 1. The Bertz CT molecular complexity index is 1070. The molecule has 0 aliphatic heterocycles. The van der Waals surface area contributed by atoms with Gasteiger partial charge >= 0.3 is 0 Å². The predicted molar refractivity (Wildman–Crippen MR) is 121 cm³/mol. The lowest BCUT2D eigenvalue weighted by molar-refractivity contribution is -0.121. The highest BCUT2D eigenvalue weighted by Gasteiger charge is 2.13. The lowest BCUT2D eigenvalue weighted by Gasteiger charge is -2.13. The Hall–Kier alpha value is -2.54. The number of benzene rings is 3. The van der Waals surface area contributed by atoms with Gasteiger partial charge in [-0.25, -0.2) is 4.21 Å². The molecule has 2 N–H and O–H groups in total. The molecule has 0 radical (unpaired) electrons. The molecule has 0 aromatic heterocycles. The van der Waals surface area contributed by atoms with Crippen LogP contribution in [0.4, 0.5) is 0 Å². The van der Waals surface area contributed by atoms with E-state index in [2.05, 4.69) is 4.72 Å². The van der Waals surface area contributed by atoms with Crippen molar-refractivity contribution in [3.05, 3.63) is 81.8 Å². The third kappa shape index (κ3) is 5.75. The number of amides is 1. The molecule has 3 aromatic carbocycles. The van der Waals surface area contributed by atoms with Crippen LogP contribution < -0.4 is 9.46 Å². The van der Waals surface area contributed by atoms with Crippen molar-refractivity contribution in [2.75, 3.05) is 12.9 Å². The SMILES string of the molecule is CS(=O)NC(=O)COc1cc(Cl)c(Cc2ccc(O)c(-c3ccccc3)c2)c(Cl)c1. The molecule has 0 saturated carbocycles. The van der Waals surface area contributed by atoms with Crippen LogP contribution in [0.25, 0.3) is 11.1 Å². The Morgan fingerprint density at radius 3 is 2.37 bits per heavy atom. The number of carbonyl (C=O) groups is 1. The molecule has 1 atom stereocenters. The molecule has 156 valence electrons. The molecule has 0 heterocycles. The van der Waals surface area contributed by atoms with E-state index in [1.165, 1.54) is 6.26 Å². The first kappa shape index (κ1) is 22.2. The van der Waals surface area contributed by atoms with Crippen LogP contribution in [-0.4, -0.2) is 28.1 Å². The van der Waals surface area contributed by atoms with Gasteiger partial charge in [0.2, 0.25) is 0 Å². The molecule has 8 heteroatoms. The van der Waals surface area contributed by atoms with Crippen LogP contribution >= 0.6 is 23.2 Å². The lowest BCUT2D eigenvalue weighted by Crippen LogP contribution is -2.29. The summed E-state index contributed by atoms with van der Waals surface area (Å²) in [6.45, 7) is -0.302. The Labute approximate surface area is 187 Å². The number of nitrogens with one attached hydrogen (secondary N) is 1. The Balaban J connectivity index is 1.79. The first-order chi connectivity index (χ1) is 14.3. The van der Waals surface area contributed by atoms with Crippen LogP contribution in [0.1, 0.15) is 11.1 Å². The molecule has 1 amide bonds. The number of rotatable bonds is 7. The van der Waals surface area contributed by atoms with Crippen LogP contribution in [0.5, 0.6) is 11.5 Å². The summed E-state index contributed by atoms with van der Waals surface area (Å²) in [5.41, 5.74) is 3.26. The second-order valence-electron chi connectivity index (χ2n) is 6.53. The highest BCUT2D eigenvalue weighted by molar-refractivity contribution is 7.82. The maximum atomic E-state index is 11.6. The minimum absolute atomic E-state index is 0.192. The van der Waals surface area contributed by atoms with E-state index in [-0.39, 0.29) is 12.4 Å². The van der Waals surface area contributed by atoms with E-state index in [1.807, 2.05) is 42.5 Å².